The highest BCUT2D eigenvalue weighted by Gasteiger charge is 2.18. The molecule has 0 atom stereocenters. The number of hydrogen-bond donors (Lipinski definition) is 3. The molecular formula is C18H24N4O3S. The van der Waals surface area contributed by atoms with Crippen LogP contribution in [-0.4, -0.2) is 26.0 Å². The Balaban J connectivity index is 1.91. The van der Waals surface area contributed by atoms with Crippen molar-refractivity contribution in [1.82, 2.24) is 15.0 Å². The summed E-state index contributed by atoms with van der Waals surface area (Å²) in [5, 5.41) is 5.39. The van der Waals surface area contributed by atoms with Gasteiger partial charge in [-0.2, -0.15) is 0 Å². The second-order valence-electron chi connectivity index (χ2n) is 7.07. The van der Waals surface area contributed by atoms with Crippen LogP contribution in [0.2, 0.25) is 0 Å². The van der Waals surface area contributed by atoms with Gasteiger partial charge in [-0.1, -0.05) is 20.8 Å². The molecule has 7 nitrogen and oxygen atoms in total. The molecule has 1 aromatic heterocycles. The van der Waals surface area contributed by atoms with Crippen LogP contribution in [0.15, 0.2) is 53.7 Å². The van der Waals surface area contributed by atoms with Crippen LogP contribution in [0, 0.1) is 5.41 Å². The van der Waals surface area contributed by atoms with Gasteiger partial charge in [-0.05, 0) is 47.4 Å². The summed E-state index contributed by atoms with van der Waals surface area (Å²) in [5.74, 6) is 0. The molecule has 8 heteroatoms. The fraction of sp³-hybridized carbons (Fsp3) is 0.333. The van der Waals surface area contributed by atoms with Gasteiger partial charge in [-0.15, -0.1) is 0 Å². The van der Waals surface area contributed by atoms with Crippen molar-refractivity contribution >= 4 is 21.7 Å². The highest BCUT2D eigenvalue weighted by atomic mass is 32.2. The summed E-state index contributed by atoms with van der Waals surface area (Å²) >= 11 is 0. The zero-order chi connectivity index (χ0) is 19.2. The molecule has 1 heterocycles. The fourth-order valence-corrected chi connectivity index (χ4v) is 3.25. The van der Waals surface area contributed by atoms with Crippen molar-refractivity contribution in [3.05, 3.63) is 54.4 Å². The van der Waals surface area contributed by atoms with Crippen molar-refractivity contribution in [1.29, 1.82) is 0 Å². The first kappa shape index (κ1) is 19.9. The van der Waals surface area contributed by atoms with Gasteiger partial charge in [-0.3, -0.25) is 4.98 Å². The maximum absolute atomic E-state index is 12.3. The molecule has 140 valence electrons. The zero-order valence-corrected chi connectivity index (χ0v) is 15.9. The van der Waals surface area contributed by atoms with E-state index in [0.29, 0.717) is 18.8 Å². The molecule has 0 spiro atoms. The van der Waals surface area contributed by atoms with E-state index in [4.69, 9.17) is 0 Å². The minimum atomic E-state index is -3.57. The number of pyridine rings is 1. The summed E-state index contributed by atoms with van der Waals surface area (Å²) in [4.78, 5) is 16.0. The van der Waals surface area contributed by atoms with Gasteiger partial charge in [0, 0.05) is 31.2 Å². The van der Waals surface area contributed by atoms with Crippen LogP contribution in [0.3, 0.4) is 0 Å². The van der Waals surface area contributed by atoms with E-state index in [2.05, 4.69) is 20.3 Å². The quantitative estimate of drug-likeness (QED) is 0.722. The normalized spacial score (nSPS) is 11.8. The third-order valence-electron chi connectivity index (χ3n) is 3.42. The summed E-state index contributed by atoms with van der Waals surface area (Å²) in [5.41, 5.74) is 1.29. The minimum absolute atomic E-state index is 0.151. The molecule has 1 aromatic carbocycles. The number of hydrogen-bond acceptors (Lipinski definition) is 4. The maximum atomic E-state index is 12.3. The summed E-state index contributed by atoms with van der Waals surface area (Å²) in [6.07, 6.45) is 3.31. The molecule has 0 saturated heterocycles. The predicted molar refractivity (Wildman–Crippen MR) is 101 cm³/mol. The van der Waals surface area contributed by atoms with Crippen LogP contribution in [0.25, 0.3) is 0 Å². The Morgan fingerprint density at radius 1 is 1.04 bits per heavy atom. The number of urea groups is 1. The van der Waals surface area contributed by atoms with E-state index in [0.717, 1.165) is 5.56 Å². The van der Waals surface area contributed by atoms with E-state index >= 15 is 0 Å². The van der Waals surface area contributed by atoms with Gasteiger partial charge in [0.2, 0.25) is 10.0 Å². The molecule has 0 aliphatic rings. The highest BCUT2D eigenvalue weighted by molar-refractivity contribution is 7.89. The summed E-state index contributed by atoms with van der Waals surface area (Å²) < 4.78 is 27.1. The Kier molecular flexibility index (Phi) is 6.33. The number of carbonyl (C=O) groups is 1. The van der Waals surface area contributed by atoms with Gasteiger partial charge >= 0.3 is 6.03 Å². The number of carbonyl (C=O) groups excluding carboxylic acids is 1. The van der Waals surface area contributed by atoms with Crippen molar-refractivity contribution < 1.29 is 13.2 Å². The molecule has 0 aliphatic heterocycles. The Morgan fingerprint density at radius 2 is 1.65 bits per heavy atom. The van der Waals surface area contributed by atoms with Crippen LogP contribution >= 0.6 is 0 Å². The number of aromatic nitrogens is 1. The van der Waals surface area contributed by atoms with E-state index in [1.165, 1.54) is 12.1 Å². The Morgan fingerprint density at radius 3 is 2.23 bits per heavy atom. The molecule has 3 N–H and O–H groups in total. The van der Waals surface area contributed by atoms with Crippen LogP contribution in [0.4, 0.5) is 10.5 Å². The van der Waals surface area contributed by atoms with Gasteiger partial charge in [0.25, 0.3) is 0 Å². The van der Waals surface area contributed by atoms with E-state index in [9.17, 15) is 13.2 Å². The fourth-order valence-electron chi connectivity index (χ4n) is 1.97. The van der Waals surface area contributed by atoms with E-state index in [1.54, 1.807) is 24.5 Å². The topological polar surface area (TPSA) is 100 Å². The van der Waals surface area contributed by atoms with Crippen molar-refractivity contribution in [2.24, 2.45) is 5.41 Å². The SMILES string of the molecule is CC(C)(C)CNS(=O)(=O)c1ccc(NC(=O)NCc2ccncc2)cc1. The summed E-state index contributed by atoms with van der Waals surface area (Å²) in [6, 6.07) is 9.28. The second-order valence-corrected chi connectivity index (χ2v) is 8.84. The highest BCUT2D eigenvalue weighted by Crippen LogP contribution is 2.16. The molecular weight excluding hydrogens is 352 g/mol. The average Bonchev–Trinajstić information content (AvgIpc) is 2.59. The van der Waals surface area contributed by atoms with Gasteiger partial charge in [0.15, 0.2) is 0 Å². The van der Waals surface area contributed by atoms with Crippen LogP contribution in [-0.2, 0) is 16.6 Å². The lowest BCUT2D eigenvalue weighted by Crippen LogP contribution is -2.32. The Hall–Kier alpha value is -2.45. The summed E-state index contributed by atoms with van der Waals surface area (Å²) in [7, 11) is -3.57. The van der Waals surface area contributed by atoms with Crippen molar-refractivity contribution in [2.75, 3.05) is 11.9 Å². The van der Waals surface area contributed by atoms with E-state index < -0.39 is 10.0 Å². The summed E-state index contributed by atoms with van der Waals surface area (Å²) in [6.45, 7) is 6.57. The lowest BCUT2D eigenvalue weighted by Gasteiger charge is -2.18. The molecule has 0 aliphatic carbocycles. The molecule has 2 aromatic rings. The number of rotatable bonds is 6. The first-order valence-corrected chi connectivity index (χ1v) is 9.67. The number of sulfonamides is 1. The van der Waals surface area contributed by atoms with E-state index in [1.807, 2.05) is 32.9 Å². The van der Waals surface area contributed by atoms with Crippen molar-refractivity contribution in [2.45, 2.75) is 32.2 Å². The maximum Gasteiger partial charge on any atom is 0.319 e. The molecule has 0 unspecified atom stereocenters. The first-order valence-electron chi connectivity index (χ1n) is 8.19. The number of nitrogens with one attached hydrogen (secondary N) is 3. The van der Waals surface area contributed by atoms with Crippen molar-refractivity contribution in [3.63, 3.8) is 0 Å². The monoisotopic (exact) mass is 376 g/mol. The van der Waals surface area contributed by atoms with Crippen LogP contribution in [0.1, 0.15) is 26.3 Å². The van der Waals surface area contributed by atoms with Crippen LogP contribution in [0.5, 0.6) is 0 Å². The largest absolute Gasteiger partial charge is 0.334 e. The Labute approximate surface area is 154 Å². The number of nitrogens with zero attached hydrogens (tertiary/aromatic N) is 1. The first-order chi connectivity index (χ1) is 12.2. The molecule has 0 radical (unpaired) electrons. The average molecular weight is 376 g/mol. The molecule has 26 heavy (non-hydrogen) atoms. The second kappa shape index (κ2) is 8.29. The minimum Gasteiger partial charge on any atom is -0.334 e. The van der Waals surface area contributed by atoms with Gasteiger partial charge in [0.05, 0.1) is 4.90 Å². The van der Waals surface area contributed by atoms with Gasteiger partial charge in [-0.25, -0.2) is 17.9 Å². The van der Waals surface area contributed by atoms with Crippen molar-refractivity contribution in [3.8, 4) is 0 Å². The van der Waals surface area contributed by atoms with Gasteiger partial charge < -0.3 is 10.6 Å². The molecule has 0 fully saturated rings. The lowest BCUT2D eigenvalue weighted by molar-refractivity contribution is 0.251. The Bertz CT molecular complexity index is 829. The molecule has 2 amide bonds. The zero-order valence-electron chi connectivity index (χ0n) is 15.1. The van der Waals surface area contributed by atoms with Gasteiger partial charge in [0.1, 0.15) is 0 Å². The molecule has 2 rings (SSSR count). The standard InChI is InChI=1S/C18H24N4O3S/c1-18(2,3)13-21-26(24,25)16-6-4-15(5-7-16)22-17(23)20-12-14-8-10-19-11-9-14/h4-11,21H,12-13H2,1-3H3,(H2,20,22,23). The number of amides is 2. The third-order valence-corrected chi connectivity index (χ3v) is 4.83. The smallest absolute Gasteiger partial charge is 0.319 e. The van der Waals surface area contributed by atoms with Crippen LogP contribution < -0.4 is 15.4 Å². The third kappa shape index (κ3) is 6.45. The lowest BCUT2D eigenvalue weighted by atomic mass is 9.98. The molecule has 0 bridgehead atoms. The number of anilines is 1. The molecule has 0 saturated carbocycles. The van der Waals surface area contributed by atoms with E-state index in [-0.39, 0.29) is 16.3 Å². The number of benzene rings is 1. The predicted octanol–water partition coefficient (Wildman–Crippen LogP) is 2.73.